The highest BCUT2D eigenvalue weighted by atomic mass is 35.5. The number of benzene rings is 2. The Morgan fingerprint density at radius 1 is 1.12 bits per heavy atom. The van der Waals surface area contributed by atoms with Gasteiger partial charge in [-0.2, -0.15) is 0 Å². The van der Waals surface area contributed by atoms with E-state index in [2.05, 4.69) is 5.32 Å². The van der Waals surface area contributed by atoms with Gasteiger partial charge in [-0.15, -0.1) is 0 Å². The molecular weight excluding hydrogens is 340 g/mol. The van der Waals surface area contributed by atoms with Gasteiger partial charge in [-0.3, -0.25) is 19.3 Å². The van der Waals surface area contributed by atoms with Gasteiger partial charge in [-0.1, -0.05) is 29.8 Å². The standard InChI is InChI=1S/C19H17ClN2O3/c1-11-6-7-12(2)15(10-11)21-16(23)8-9-22-18(24)13-4-3-5-14(20)17(13)19(22)25/h3-7,10H,8-9H2,1-2H3,(H,21,23). The molecule has 0 saturated carbocycles. The van der Waals surface area contributed by atoms with Crippen LogP contribution in [0.25, 0.3) is 0 Å². The fourth-order valence-corrected chi connectivity index (χ4v) is 3.05. The molecule has 6 heteroatoms. The molecule has 1 aliphatic heterocycles. The summed E-state index contributed by atoms with van der Waals surface area (Å²) < 4.78 is 0. The van der Waals surface area contributed by atoms with Gasteiger partial charge in [-0.05, 0) is 43.2 Å². The van der Waals surface area contributed by atoms with Crippen LogP contribution in [0.15, 0.2) is 36.4 Å². The maximum absolute atomic E-state index is 12.4. The van der Waals surface area contributed by atoms with Crippen LogP contribution in [-0.4, -0.2) is 29.2 Å². The Morgan fingerprint density at radius 2 is 1.88 bits per heavy atom. The number of carbonyl (C=O) groups excluding carboxylic acids is 3. The zero-order chi connectivity index (χ0) is 18.1. The first-order chi connectivity index (χ1) is 11.9. The predicted molar refractivity (Wildman–Crippen MR) is 96.0 cm³/mol. The molecule has 0 radical (unpaired) electrons. The van der Waals surface area contributed by atoms with Gasteiger partial charge in [0.05, 0.1) is 16.1 Å². The lowest BCUT2D eigenvalue weighted by molar-refractivity contribution is -0.116. The maximum atomic E-state index is 12.4. The van der Waals surface area contributed by atoms with Crippen LogP contribution in [0.1, 0.15) is 38.3 Å². The number of imide groups is 1. The largest absolute Gasteiger partial charge is 0.326 e. The third-order valence-electron chi connectivity index (χ3n) is 4.18. The summed E-state index contributed by atoms with van der Waals surface area (Å²) in [5.74, 6) is -1.12. The van der Waals surface area contributed by atoms with Gasteiger partial charge in [0.2, 0.25) is 5.91 Å². The number of hydrogen-bond donors (Lipinski definition) is 1. The highest BCUT2D eigenvalue weighted by molar-refractivity contribution is 6.37. The minimum absolute atomic E-state index is 0.0133. The molecule has 3 amide bonds. The van der Waals surface area contributed by atoms with Crippen LogP contribution in [0.4, 0.5) is 5.69 Å². The Morgan fingerprint density at radius 3 is 2.60 bits per heavy atom. The molecular formula is C19H17ClN2O3. The zero-order valence-electron chi connectivity index (χ0n) is 13.9. The van der Waals surface area contributed by atoms with Crippen molar-refractivity contribution in [1.29, 1.82) is 0 Å². The van der Waals surface area contributed by atoms with Crippen molar-refractivity contribution in [3.8, 4) is 0 Å². The quantitative estimate of drug-likeness (QED) is 0.851. The van der Waals surface area contributed by atoms with Gasteiger partial charge in [0.15, 0.2) is 0 Å². The van der Waals surface area contributed by atoms with E-state index in [1.165, 1.54) is 0 Å². The highest BCUT2D eigenvalue weighted by Crippen LogP contribution is 2.29. The third-order valence-corrected chi connectivity index (χ3v) is 4.49. The first-order valence-electron chi connectivity index (χ1n) is 7.90. The summed E-state index contributed by atoms with van der Waals surface area (Å²) in [5.41, 5.74) is 3.22. The second-order valence-corrected chi connectivity index (χ2v) is 6.45. The van der Waals surface area contributed by atoms with Crippen molar-refractivity contribution in [1.82, 2.24) is 4.90 Å². The van der Waals surface area contributed by atoms with Crippen LogP contribution < -0.4 is 5.32 Å². The summed E-state index contributed by atoms with van der Waals surface area (Å²) in [5, 5.41) is 3.07. The van der Waals surface area contributed by atoms with Crippen LogP contribution >= 0.6 is 11.6 Å². The van der Waals surface area contributed by atoms with Gasteiger partial charge in [0.1, 0.15) is 0 Å². The molecule has 0 atom stereocenters. The van der Waals surface area contributed by atoms with Crippen molar-refractivity contribution in [3.63, 3.8) is 0 Å². The SMILES string of the molecule is Cc1ccc(C)c(NC(=O)CCN2C(=O)c3cccc(Cl)c3C2=O)c1. The number of aryl methyl sites for hydroxylation is 2. The maximum Gasteiger partial charge on any atom is 0.263 e. The Balaban J connectivity index is 1.67. The van der Waals surface area contributed by atoms with Crippen LogP contribution in [0.5, 0.6) is 0 Å². The van der Waals surface area contributed by atoms with E-state index in [0.717, 1.165) is 21.7 Å². The molecule has 0 unspecified atom stereocenters. The summed E-state index contributed by atoms with van der Waals surface area (Å²) in [7, 11) is 0. The Bertz CT molecular complexity index is 892. The molecule has 2 aromatic carbocycles. The van der Waals surface area contributed by atoms with Gasteiger partial charge in [0.25, 0.3) is 11.8 Å². The number of halogens is 1. The van der Waals surface area contributed by atoms with Crippen molar-refractivity contribution in [2.75, 3.05) is 11.9 Å². The first-order valence-corrected chi connectivity index (χ1v) is 8.28. The lowest BCUT2D eigenvalue weighted by Crippen LogP contribution is -2.33. The molecule has 2 aromatic rings. The molecule has 0 bridgehead atoms. The van der Waals surface area contributed by atoms with E-state index in [1.807, 2.05) is 32.0 Å². The second-order valence-electron chi connectivity index (χ2n) is 6.04. The monoisotopic (exact) mass is 356 g/mol. The number of rotatable bonds is 4. The summed E-state index contributed by atoms with van der Waals surface area (Å²) in [6, 6.07) is 10.5. The topological polar surface area (TPSA) is 66.5 Å². The average molecular weight is 357 g/mol. The van der Waals surface area contributed by atoms with Crippen molar-refractivity contribution in [2.45, 2.75) is 20.3 Å². The molecule has 0 aliphatic carbocycles. The molecule has 0 fully saturated rings. The lowest BCUT2D eigenvalue weighted by Gasteiger charge is -2.14. The normalized spacial score (nSPS) is 13.2. The van der Waals surface area contributed by atoms with Crippen LogP contribution in [-0.2, 0) is 4.79 Å². The molecule has 25 heavy (non-hydrogen) atoms. The van der Waals surface area contributed by atoms with E-state index in [4.69, 9.17) is 11.6 Å². The molecule has 0 spiro atoms. The number of fused-ring (bicyclic) bond motifs is 1. The van der Waals surface area contributed by atoms with E-state index >= 15 is 0 Å². The first kappa shape index (κ1) is 17.2. The molecule has 3 rings (SSSR count). The van der Waals surface area contributed by atoms with Gasteiger partial charge in [-0.25, -0.2) is 0 Å². The lowest BCUT2D eigenvalue weighted by atomic mass is 10.1. The van der Waals surface area contributed by atoms with E-state index < -0.39 is 11.8 Å². The summed E-state index contributed by atoms with van der Waals surface area (Å²) in [6.07, 6.45) is 0.0243. The van der Waals surface area contributed by atoms with Crippen molar-refractivity contribution < 1.29 is 14.4 Å². The number of amides is 3. The van der Waals surface area contributed by atoms with Gasteiger partial charge >= 0.3 is 0 Å². The number of carbonyl (C=O) groups is 3. The van der Waals surface area contributed by atoms with E-state index in [1.54, 1.807) is 18.2 Å². The molecule has 1 N–H and O–H groups in total. The van der Waals surface area contributed by atoms with Crippen molar-refractivity contribution >= 4 is 35.0 Å². The Hall–Kier alpha value is -2.66. The predicted octanol–water partition coefficient (Wildman–Crippen LogP) is 3.58. The fraction of sp³-hybridized carbons (Fsp3) is 0.211. The Kier molecular flexibility index (Phi) is 4.59. The average Bonchev–Trinajstić information content (AvgIpc) is 2.81. The van der Waals surface area contributed by atoms with Crippen molar-refractivity contribution in [2.24, 2.45) is 0 Å². The molecule has 1 aliphatic rings. The second kappa shape index (κ2) is 6.69. The van der Waals surface area contributed by atoms with E-state index in [9.17, 15) is 14.4 Å². The fourth-order valence-electron chi connectivity index (χ4n) is 2.79. The molecule has 5 nitrogen and oxygen atoms in total. The molecule has 1 heterocycles. The minimum atomic E-state index is -0.454. The van der Waals surface area contributed by atoms with Crippen LogP contribution in [0, 0.1) is 13.8 Å². The van der Waals surface area contributed by atoms with Gasteiger partial charge in [0, 0.05) is 18.7 Å². The minimum Gasteiger partial charge on any atom is -0.326 e. The van der Waals surface area contributed by atoms with Crippen LogP contribution in [0.2, 0.25) is 5.02 Å². The summed E-state index contributed by atoms with van der Waals surface area (Å²) in [6.45, 7) is 3.86. The van der Waals surface area contributed by atoms with E-state index in [-0.39, 0.29) is 35.0 Å². The number of anilines is 1. The molecule has 128 valence electrons. The highest BCUT2D eigenvalue weighted by Gasteiger charge is 2.37. The number of nitrogens with one attached hydrogen (secondary N) is 1. The number of hydrogen-bond acceptors (Lipinski definition) is 3. The van der Waals surface area contributed by atoms with Gasteiger partial charge < -0.3 is 5.32 Å². The Labute approximate surface area is 150 Å². The number of nitrogens with zero attached hydrogens (tertiary/aromatic N) is 1. The summed E-state index contributed by atoms with van der Waals surface area (Å²) in [4.78, 5) is 38.0. The summed E-state index contributed by atoms with van der Waals surface area (Å²) >= 11 is 6.02. The molecule has 0 aromatic heterocycles. The third kappa shape index (κ3) is 3.28. The van der Waals surface area contributed by atoms with E-state index in [0.29, 0.717) is 0 Å². The molecule has 0 saturated heterocycles. The smallest absolute Gasteiger partial charge is 0.263 e. The van der Waals surface area contributed by atoms with Crippen molar-refractivity contribution in [3.05, 3.63) is 63.7 Å². The zero-order valence-corrected chi connectivity index (χ0v) is 14.7. The van der Waals surface area contributed by atoms with Crippen LogP contribution in [0.3, 0.4) is 0 Å².